The Morgan fingerprint density at radius 2 is 1.82 bits per heavy atom. The molecular weight excluding hydrogens is 444 g/mol. The molecule has 33 heavy (non-hydrogen) atoms. The molecule has 0 spiro atoms. The van der Waals surface area contributed by atoms with Gasteiger partial charge in [0, 0.05) is 36.8 Å². The molecule has 1 amide bonds. The number of carbonyl (C=O) groups excluding carboxylic acids is 2. The van der Waals surface area contributed by atoms with Crippen molar-refractivity contribution < 1.29 is 9.59 Å². The van der Waals surface area contributed by atoms with Gasteiger partial charge in [-0.15, -0.1) is 0 Å². The first-order valence-electron chi connectivity index (χ1n) is 9.86. The quantitative estimate of drug-likeness (QED) is 0.295. The van der Waals surface area contributed by atoms with Crippen LogP contribution in [-0.2, 0) is 4.79 Å². The molecule has 4 rings (SSSR count). The molecule has 4 aromatic rings. The average Bonchev–Trinajstić information content (AvgIpc) is 2.80. The average molecular weight is 463 g/mol. The number of nitrogens with one attached hydrogen (secondary N) is 3. The number of Topliss-reactive ketones (excluding diaryl/α,β-unsaturated/α-hetero) is 1. The minimum Gasteiger partial charge on any atom is -0.342 e. The normalized spacial score (nSPS) is 10.6. The summed E-state index contributed by atoms with van der Waals surface area (Å²) in [6.07, 6.45) is 1.42. The van der Waals surface area contributed by atoms with Crippen LogP contribution in [0.15, 0.2) is 65.6 Å². The topological polar surface area (TPSA) is 120 Å². The predicted molar refractivity (Wildman–Crippen MR) is 128 cm³/mol. The summed E-state index contributed by atoms with van der Waals surface area (Å²) < 4.78 is 0. The first-order chi connectivity index (χ1) is 15.8. The van der Waals surface area contributed by atoms with E-state index < -0.39 is 11.7 Å². The van der Waals surface area contributed by atoms with Crippen molar-refractivity contribution in [1.29, 1.82) is 0 Å². The Kier molecular flexibility index (Phi) is 6.05. The fourth-order valence-electron chi connectivity index (χ4n) is 3.11. The van der Waals surface area contributed by atoms with Gasteiger partial charge in [-0.05, 0) is 36.4 Å². The van der Waals surface area contributed by atoms with E-state index in [9.17, 15) is 14.4 Å². The molecule has 2 aromatic heterocycles. The molecule has 9 nitrogen and oxygen atoms in total. The molecular formula is C23H19ClN6O3. The molecule has 2 aromatic carbocycles. The Bertz CT molecular complexity index is 1430. The van der Waals surface area contributed by atoms with E-state index in [4.69, 9.17) is 11.6 Å². The molecule has 10 heteroatoms. The third-order valence-corrected chi connectivity index (χ3v) is 5.03. The van der Waals surface area contributed by atoms with E-state index in [0.717, 1.165) is 5.39 Å². The second-order valence-electron chi connectivity index (χ2n) is 7.34. The summed E-state index contributed by atoms with van der Waals surface area (Å²) in [5.74, 6) is -0.769. The first-order valence-corrected chi connectivity index (χ1v) is 10.2. The molecule has 0 radical (unpaired) electrons. The number of pyridine rings is 1. The highest BCUT2D eigenvalue weighted by Gasteiger charge is 2.21. The number of H-pyrrole nitrogens is 1. The lowest BCUT2D eigenvalue weighted by Gasteiger charge is -2.14. The van der Waals surface area contributed by atoms with Gasteiger partial charge in [0.25, 0.3) is 11.7 Å². The van der Waals surface area contributed by atoms with Gasteiger partial charge < -0.3 is 20.5 Å². The van der Waals surface area contributed by atoms with Crippen molar-refractivity contribution in [1.82, 2.24) is 19.9 Å². The molecule has 0 unspecified atom stereocenters. The van der Waals surface area contributed by atoms with Crippen LogP contribution in [0.5, 0.6) is 0 Å². The van der Waals surface area contributed by atoms with Crippen molar-refractivity contribution in [2.75, 3.05) is 24.7 Å². The van der Waals surface area contributed by atoms with Crippen molar-refractivity contribution in [3.8, 4) is 0 Å². The number of hydrogen-bond acceptors (Lipinski definition) is 7. The van der Waals surface area contributed by atoms with Crippen LogP contribution in [0.4, 0.5) is 23.1 Å². The van der Waals surface area contributed by atoms with Crippen LogP contribution in [0, 0.1) is 0 Å². The van der Waals surface area contributed by atoms with Crippen LogP contribution in [0.2, 0.25) is 5.02 Å². The van der Waals surface area contributed by atoms with E-state index in [-0.39, 0.29) is 27.9 Å². The van der Waals surface area contributed by atoms with E-state index >= 15 is 0 Å². The van der Waals surface area contributed by atoms with Gasteiger partial charge in [0.1, 0.15) is 5.02 Å². The number of ketones is 1. The summed E-state index contributed by atoms with van der Waals surface area (Å²) >= 11 is 6.28. The summed E-state index contributed by atoms with van der Waals surface area (Å²) in [6, 6.07) is 15.2. The number of aromatic nitrogens is 3. The highest BCUT2D eigenvalue weighted by atomic mass is 35.5. The minimum absolute atomic E-state index is 0.175. The van der Waals surface area contributed by atoms with Gasteiger partial charge in [0.05, 0.1) is 17.4 Å². The molecule has 166 valence electrons. The number of amides is 1. The van der Waals surface area contributed by atoms with Crippen molar-refractivity contribution in [3.63, 3.8) is 0 Å². The molecule has 0 fully saturated rings. The third-order valence-electron chi connectivity index (χ3n) is 4.75. The number of rotatable bonds is 6. The summed E-state index contributed by atoms with van der Waals surface area (Å²) in [6.45, 7) is 0. The van der Waals surface area contributed by atoms with Crippen LogP contribution in [0.1, 0.15) is 10.4 Å². The maximum Gasteiger partial charge on any atom is 0.294 e. The van der Waals surface area contributed by atoms with Gasteiger partial charge in [0.2, 0.25) is 11.5 Å². The van der Waals surface area contributed by atoms with Gasteiger partial charge in [-0.2, -0.15) is 4.98 Å². The number of hydrogen-bond donors (Lipinski definition) is 3. The summed E-state index contributed by atoms with van der Waals surface area (Å²) in [7, 11) is 3.03. The van der Waals surface area contributed by atoms with Gasteiger partial charge >= 0.3 is 0 Å². The minimum atomic E-state index is -0.652. The number of aromatic amines is 1. The smallest absolute Gasteiger partial charge is 0.294 e. The van der Waals surface area contributed by atoms with E-state index in [2.05, 4.69) is 25.6 Å². The lowest BCUT2D eigenvalue weighted by molar-refractivity contribution is -0.124. The Morgan fingerprint density at radius 1 is 1.03 bits per heavy atom. The zero-order valence-corrected chi connectivity index (χ0v) is 18.5. The van der Waals surface area contributed by atoms with Crippen LogP contribution < -0.4 is 16.2 Å². The van der Waals surface area contributed by atoms with Gasteiger partial charge in [-0.25, -0.2) is 4.98 Å². The molecule has 0 saturated carbocycles. The number of anilines is 4. The van der Waals surface area contributed by atoms with Gasteiger partial charge in [-0.3, -0.25) is 14.4 Å². The predicted octanol–water partition coefficient (Wildman–Crippen LogP) is 3.73. The van der Waals surface area contributed by atoms with Crippen molar-refractivity contribution >= 4 is 57.3 Å². The monoisotopic (exact) mass is 462 g/mol. The number of nitrogens with zero attached hydrogens (tertiary/aromatic N) is 3. The number of halogens is 1. The zero-order valence-electron chi connectivity index (χ0n) is 17.7. The summed E-state index contributed by atoms with van der Waals surface area (Å²) in [5, 5.41) is 7.19. The Labute approximate surface area is 193 Å². The Balaban J connectivity index is 1.61. The lowest BCUT2D eigenvalue weighted by atomic mass is 10.1. The van der Waals surface area contributed by atoms with E-state index in [0.29, 0.717) is 16.9 Å². The van der Waals surface area contributed by atoms with E-state index in [1.54, 1.807) is 42.5 Å². The standard InChI is InChI=1S/C23H19ClN6O3/c1-30(2)22(33)20(32)15-5-3-4-6-18(15)28-21-16(24)12-25-23(29-21)26-14-8-9-17-13(11-14)7-10-19(31)27-17/h3-12H,1-2H3,(H,27,31)(H2,25,26,28,29). The third kappa shape index (κ3) is 4.83. The zero-order chi connectivity index (χ0) is 23.5. The highest BCUT2D eigenvalue weighted by Crippen LogP contribution is 2.27. The van der Waals surface area contributed by atoms with Crippen molar-refractivity contribution in [3.05, 3.63) is 81.7 Å². The molecule has 0 atom stereocenters. The summed E-state index contributed by atoms with van der Waals surface area (Å²) in [5.41, 5.74) is 1.82. The Hall–Kier alpha value is -4.24. The number of carbonyl (C=O) groups is 2. The number of likely N-dealkylation sites (N-methyl/N-ethyl adjacent to an activating group) is 1. The number of benzene rings is 2. The van der Waals surface area contributed by atoms with Crippen LogP contribution >= 0.6 is 11.6 Å². The SMILES string of the molecule is CN(C)C(=O)C(=O)c1ccccc1Nc1nc(Nc2ccc3[nH]c(=O)ccc3c2)ncc1Cl. The van der Waals surface area contributed by atoms with Gasteiger partial charge in [-0.1, -0.05) is 23.7 Å². The fourth-order valence-corrected chi connectivity index (χ4v) is 3.25. The molecule has 3 N–H and O–H groups in total. The molecule has 0 saturated heterocycles. The van der Waals surface area contributed by atoms with E-state index in [1.165, 1.54) is 31.3 Å². The lowest BCUT2D eigenvalue weighted by Crippen LogP contribution is -2.30. The van der Waals surface area contributed by atoms with Crippen LogP contribution in [-0.4, -0.2) is 45.6 Å². The maximum absolute atomic E-state index is 12.6. The number of para-hydroxylation sites is 1. The second kappa shape index (κ2) is 9.09. The second-order valence-corrected chi connectivity index (χ2v) is 7.75. The van der Waals surface area contributed by atoms with Crippen LogP contribution in [0.25, 0.3) is 10.9 Å². The maximum atomic E-state index is 12.6. The molecule has 0 aliphatic carbocycles. The number of fused-ring (bicyclic) bond motifs is 1. The first kappa shape index (κ1) is 22.0. The van der Waals surface area contributed by atoms with Crippen molar-refractivity contribution in [2.24, 2.45) is 0 Å². The summed E-state index contributed by atoms with van der Waals surface area (Å²) in [4.78, 5) is 48.8. The molecule has 2 heterocycles. The highest BCUT2D eigenvalue weighted by molar-refractivity contribution is 6.43. The molecule has 0 bridgehead atoms. The van der Waals surface area contributed by atoms with Gasteiger partial charge in [0.15, 0.2) is 5.82 Å². The molecule has 0 aliphatic heterocycles. The van der Waals surface area contributed by atoms with Crippen LogP contribution in [0.3, 0.4) is 0 Å². The molecule has 0 aliphatic rings. The van der Waals surface area contributed by atoms with Crippen molar-refractivity contribution in [2.45, 2.75) is 0 Å². The van der Waals surface area contributed by atoms with E-state index in [1.807, 2.05) is 6.07 Å². The largest absolute Gasteiger partial charge is 0.342 e. The Morgan fingerprint density at radius 3 is 2.61 bits per heavy atom. The fraction of sp³-hybridized carbons (Fsp3) is 0.0870.